The van der Waals surface area contributed by atoms with Crippen molar-refractivity contribution in [1.82, 2.24) is 10.3 Å². The number of hydrogen-bond donors (Lipinski definition) is 1. The van der Waals surface area contributed by atoms with E-state index in [4.69, 9.17) is 16.9 Å². The standard InChI is InChI=1S/C16H22ClN3/c1-16(2,15-14(17)4-3-9-19-15)11-20-13-7-5-12(10-18)6-8-13/h3-4,9,12-13,20H,5-8,11H2,1-2H3. The van der Waals surface area contributed by atoms with E-state index in [1.807, 2.05) is 12.1 Å². The van der Waals surface area contributed by atoms with E-state index < -0.39 is 0 Å². The Kier molecular flexibility index (Phi) is 5.01. The van der Waals surface area contributed by atoms with Crippen molar-refractivity contribution in [2.45, 2.75) is 51.0 Å². The Hall–Kier alpha value is -1.11. The van der Waals surface area contributed by atoms with Crippen LogP contribution in [0.5, 0.6) is 0 Å². The van der Waals surface area contributed by atoms with Gasteiger partial charge < -0.3 is 5.32 Å². The summed E-state index contributed by atoms with van der Waals surface area (Å²) >= 11 is 6.24. The molecule has 1 fully saturated rings. The van der Waals surface area contributed by atoms with Crippen LogP contribution in [0.3, 0.4) is 0 Å². The van der Waals surface area contributed by atoms with E-state index in [9.17, 15) is 0 Å². The Labute approximate surface area is 126 Å². The van der Waals surface area contributed by atoms with Gasteiger partial charge in [-0.3, -0.25) is 4.98 Å². The third-order valence-electron chi connectivity index (χ3n) is 4.14. The third kappa shape index (κ3) is 3.71. The fourth-order valence-corrected chi connectivity index (χ4v) is 3.17. The van der Waals surface area contributed by atoms with Crippen LogP contribution in [0.25, 0.3) is 0 Å². The van der Waals surface area contributed by atoms with E-state index in [1.54, 1.807) is 6.20 Å². The molecule has 0 aromatic carbocycles. The molecule has 0 radical (unpaired) electrons. The second kappa shape index (κ2) is 6.56. The van der Waals surface area contributed by atoms with E-state index in [2.05, 4.69) is 30.2 Å². The molecular weight excluding hydrogens is 270 g/mol. The molecule has 0 atom stereocenters. The predicted octanol–water partition coefficient (Wildman–Crippen LogP) is 3.68. The van der Waals surface area contributed by atoms with Crippen LogP contribution in [0, 0.1) is 17.2 Å². The van der Waals surface area contributed by atoms with Gasteiger partial charge in [0.05, 0.1) is 16.8 Å². The Morgan fingerprint density at radius 3 is 2.70 bits per heavy atom. The molecule has 1 aliphatic carbocycles. The summed E-state index contributed by atoms with van der Waals surface area (Å²) in [5.74, 6) is 0.256. The molecule has 1 heterocycles. The SMILES string of the molecule is CC(C)(CNC1CCC(C#N)CC1)c1ncccc1Cl. The molecule has 0 saturated heterocycles. The van der Waals surface area contributed by atoms with Crippen LogP contribution in [0.15, 0.2) is 18.3 Å². The van der Waals surface area contributed by atoms with Gasteiger partial charge in [0.1, 0.15) is 0 Å². The number of nitrogens with one attached hydrogen (secondary N) is 1. The fourth-order valence-electron chi connectivity index (χ4n) is 2.79. The van der Waals surface area contributed by atoms with Gasteiger partial charge in [0.15, 0.2) is 0 Å². The van der Waals surface area contributed by atoms with Gasteiger partial charge in [-0.15, -0.1) is 0 Å². The molecular formula is C16H22ClN3. The largest absolute Gasteiger partial charge is 0.313 e. The van der Waals surface area contributed by atoms with Gasteiger partial charge in [0.25, 0.3) is 0 Å². The van der Waals surface area contributed by atoms with E-state index >= 15 is 0 Å². The number of aromatic nitrogens is 1. The zero-order chi connectivity index (χ0) is 14.6. The lowest BCUT2D eigenvalue weighted by atomic mass is 9.85. The van der Waals surface area contributed by atoms with Crippen LogP contribution in [0.2, 0.25) is 5.02 Å². The van der Waals surface area contributed by atoms with Crippen molar-refractivity contribution in [3.8, 4) is 6.07 Å². The quantitative estimate of drug-likeness (QED) is 0.920. The molecule has 1 saturated carbocycles. The molecule has 0 bridgehead atoms. The number of rotatable bonds is 4. The summed E-state index contributed by atoms with van der Waals surface area (Å²) in [7, 11) is 0. The molecule has 3 nitrogen and oxygen atoms in total. The van der Waals surface area contributed by atoms with E-state index in [-0.39, 0.29) is 11.3 Å². The molecule has 20 heavy (non-hydrogen) atoms. The molecule has 1 aromatic rings. The van der Waals surface area contributed by atoms with Crippen LogP contribution >= 0.6 is 11.6 Å². The predicted molar refractivity (Wildman–Crippen MR) is 81.6 cm³/mol. The Morgan fingerprint density at radius 1 is 1.40 bits per heavy atom. The summed E-state index contributed by atoms with van der Waals surface area (Å²) in [6, 6.07) is 6.64. The Balaban J connectivity index is 1.90. The Morgan fingerprint density at radius 2 is 2.10 bits per heavy atom. The van der Waals surface area contributed by atoms with Gasteiger partial charge in [-0.05, 0) is 37.8 Å². The van der Waals surface area contributed by atoms with Crippen LogP contribution in [0.4, 0.5) is 0 Å². The van der Waals surface area contributed by atoms with Crippen molar-refractivity contribution in [3.63, 3.8) is 0 Å². The summed E-state index contributed by atoms with van der Waals surface area (Å²) in [6.07, 6.45) is 5.99. The van der Waals surface area contributed by atoms with Crippen molar-refractivity contribution in [1.29, 1.82) is 5.26 Å². The topological polar surface area (TPSA) is 48.7 Å². The highest BCUT2D eigenvalue weighted by molar-refractivity contribution is 6.31. The van der Waals surface area contributed by atoms with Crippen molar-refractivity contribution >= 4 is 11.6 Å². The van der Waals surface area contributed by atoms with Gasteiger partial charge in [-0.2, -0.15) is 5.26 Å². The zero-order valence-electron chi connectivity index (χ0n) is 12.2. The molecule has 0 unspecified atom stereocenters. The van der Waals surface area contributed by atoms with Gasteiger partial charge >= 0.3 is 0 Å². The first-order chi connectivity index (χ1) is 9.53. The summed E-state index contributed by atoms with van der Waals surface area (Å²) in [5.41, 5.74) is 0.851. The molecule has 0 amide bonds. The minimum absolute atomic E-state index is 0.0928. The molecule has 0 spiro atoms. The lowest BCUT2D eigenvalue weighted by molar-refractivity contribution is 0.310. The number of nitriles is 1. The summed E-state index contributed by atoms with van der Waals surface area (Å²) in [6.45, 7) is 5.18. The minimum Gasteiger partial charge on any atom is -0.313 e. The maximum atomic E-state index is 8.92. The van der Waals surface area contributed by atoms with Crippen molar-refractivity contribution in [2.75, 3.05) is 6.54 Å². The lowest BCUT2D eigenvalue weighted by Crippen LogP contribution is -2.41. The maximum Gasteiger partial charge on any atom is 0.0658 e. The molecule has 108 valence electrons. The van der Waals surface area contributed by atoms with Gasteiger partial charge in [-0.1, -0.05) is 25.4 Å². The van der Waals surface area contributed by atoms with Gasteiger partial charge in [-0.25, -0.2) is 0 Å². The van der Waals surface area contributed by atoms with Gasteiger partial charge in [0, 0.05) is 30.1 Å². The van der Waals surface area contributed by atoms with E-state index in [0.29, 0.717) is 6.04 Å². The fraction of sp³-hybridized carbons (Fsp3) is 0.625. The van der Waals surface area contributed by atoms with Crippen LogP contribution in [-0.4, -0.2) is 17.6 Å². The average molecular weight is 292 g/mol. The first kappa shape index (κ1) is 15.3. The van der Waals surface area contributed by atoms with E-state index in [1.165, 1.54) is 0 Å². The number of hydrogen-bond acceptors (Lipinski definition) is 3. The first-order valence-corrected chi connectivity index (χ1v) is 7.65. The smallest absolute Gasteiger partial charge is 0.0658 e. The molecule has 1 aromatic heterocycles. The second-order valence-electron chi connectivity index (χ2n) is 6.28. The summed E-state index contributed by atoms with van der Waals surface area (Å²) in [5, 5.41) is 13.3. The second-order valence-corrected chi connectivity index (χ2v) is 6.68. The number of pyridine rings is 1. The first-order valence-electron chi connectivity index (χ1n) is 7.27. The summed E-state index contributed by atoms with van der Waals surface area (Å²) in [4.78, 5) is 4.42. The summed E-state index contributed by atoms with van der Waals surface area (Å²) < 4.78 is 0. The van der Waals surface area contributed by atoms with Crippen LogP contribution in [0.1, 0.15) is 45.2 Å². The monoisotopic (exact) mass is 291 g/mol. The maximum absolute atomic E-state index is 8.92. The highest BCUT2D eigenvalue weighted by atomic mass is 35.5. The molecule has 2 rings (SSSR count). The molecule has 1 N–H and O–H groups in total. The highest BCUT2D eigenvalue weighted by Crippen LogP contribution is 2.28. The zero-order valence-corrected chi connectivity index (χ0v) is 13.0. The van der Waals surface area contributed by atoms with E-state index in [0.717, 1.165) is 42.9 Å². The highest BCUT2D eigenvalue weighted by Gasteiger charge is 2.27. The molecule has 4 heteroatoms. The van der Waals surface area contributed by atoms with Crippen LogP contribution in [-0.2, 0) is 5.41 Å². The molecule has 0 aliphatic heterocycles. The third-order valence-corrected chi connectivity index (χ3v) is 4.45. The number of halogens is 1. The van der Waals surface area contributed by atoms with Crippen molar-refractivity contribution in [3.05, 3.63) is 29.0 Å². The Bertz CT molecular complexity index is 485. The van der Waals surface area contributed by atoms with Gasteiger partial charge in [0.2, 0.25) is 0 Å². The lowest BCUT2D eigenvalue weighted by Gasteiger charge is -2.31. The average Bonchev–Trinajstić information content (AvgIpc) is 2.46. The van der Waals surface area contributed by atoms with Crippen molar-refractivity contribution in [2.24, 2.45) is 5.92 Å². The number of nitrogens with zero attached hydrogens (tertiary/aromatic N) is 2. The minimum atomic E-state index is -0.0928. The molecule has 1 aliphatic rings. The van der Waals surface area contributed by atoms with Crippen molar-refractivity contribution < 1.29 is 0 Å². The normalized spacial score (nSPS) is 23.3. The van der Waals surface area contributed by atoms with Crippen LogP contribution < -0.4 is 5.32 Å².